The van der Waals surface area contributed by atoms with E-state index in [4.69, 9.17) is 11.5 Å². The third-order valence-electron chi connectivity index (χ3n) is 6.46. The molecule has 0 aromatic heterocycles. The Labute approximate surface area is 234 Å². The lowest BCUT2D eigenvalue weighted by Crippen LogP contribution is -2.59. The largest absolute Gasteiger partial charge is 0.508 e. The first kappa shape index (κ1) is 32.3. The average molecular weight is 556 g/mol. The Kier molecular flexibility index (Phi) is 13.1. The maximum Gasteiger partial charge on any atom is 0.326 e. The van der Waals surface area contributed by atoms with Gasteiger partial charge in [-0.1, -0.05) is 62.7 Å². The summed E-state index contributed by atoms with van der Waals surface area (Å²) in [6, 6.07) is 10.8. The Morgan fingerprint density at radius 1 is 0.775 bits per heavy atom. The van der Waals surface area contributed by atoms with Gasteiger partial charge in [0, 0.05) is 12.8 Å². The van der Waals surface area contributed by atoms with Gasteiger partial charge in [-0.3, -0.25) is 14.4 Å². The second kappa shape index (κ2) is 16.2. The van der Waals surface area contributed by atoms with E-state index in [-0.39, 0.29) is 24.5 Å². The molecular formula is C29H41N5O6. The summed E-state index contributed by atoms with van der Waals surface area (Å²) in [6.07, 6.45) is 1.89. The van der Waals surface area contributed by atoms with Gasteiger partial charge in [0.05, 0.1) is 6.04 Å². The fourth-order valence-electron chi connectivity index (χ4n) is 4.10. The predicted octanol–water partition coefficient (Wildman–Crippen LogP) is 0.829. The Morgan fingerprint density at radius 3 is 1.93 bits per heavy atom. The summed E-state index contributed by atoms with van der Waals surface area (Å²) in [4.78, 5) is 51.4. The lowest BCUT2D eigenvalue weighted by molar-refractivity contribution is -0.142. The van der Waals surface area contributed by atoms with Gasteiger partial charge in [-0.25, -0.2) is 4.79 Å². The van der Waals surface area contributed by atoms with Gasteiger partial charge in [0.25, 0.3) is 0 Å². The van der Waals surface area contributed by atoms with Crippen LogP contribution in [0.1, 0.15) is 44.2 Å². The zero-order chi connectivity index (χ0) is 29.7. The fraction of sp³-hybridized carbons (Fsp3) is 0.448. The Balaban J connectivity index is 2.21. The van der Waals surface area contributed by atoms with Crippen molar-refractivity contribution in [3.8, 4) is 5.75 Å². The number of phenols is 1. The number of carboxylic acids is 1. The van der Waals surface area contributed by atoms with E-state index in [0.29, 0.717) is 24.9 Å². The summed E-state index contributed by atoms with van der Waals surface area (Å²) in [5.41, 5.74) is 12.8. The summed E-state index contributed by atoms with van der Waals surface area (Å²) in [5, 5.41) is 27.3. The minimum absolute atomic E-state index is 0.0207. The van der Waals surface area contributed by atoms with Crippen molar-refractivity contribution >= 4 is 23.7 Å². The van der Waals surface area contributed by atoms with Crippen molar-refractivity contribution in [3.63, 3.8) is 0 Å². The van der Waals surface area contributed by atoms with Crippen molar-refractivity contribution in [1.82, 2.24) is 16.0 Å². The quantitative estimate of drug-likeness (QED) is 0.148. The number of carbonyl (C=O) groups is 4. The molecule has 0 bridgehead atoms. The maximum atomic E-state index is 13.4. The van der Waals surface area contributed by atoms with Crippen LogP contribution < -0.4 is 27.4 Å². The van der Waals surface area contributed by atoms with Gasteiger partial charge in [0.2, 0.25) is 17.7 Å². The standard InChI is InChI=1S/C29H41N5O6/c1-18(2)25(34-26(36)22(31)10-6-7-15-30)28(38)32-23(16-20-11-13-21(35)14-12-20)27(37)33-24(29(39)40)17-19-8-4-3-5-9-19/h3-5,8-9,11-14,18,22-25,35H,6-7,10,15-17,30-31H2,1-2H3,(H,32,38)(H,33,37)(H,34,36)(H,39,40). The van der Waals surface area contributed by atoms with Crippen molar-refractivity contribution in [1.29, 1.82) is 0 Å². The number of rotatable bonds is 16. The minimum atomic E-state index is -1.23. The molecule has 0 spiro atoms. The van der Waals surface area contributed by atoms with Gasteiger partial charge in [-0.05, 0) is 48.6 Å². The van der Waals surface area contributed by atoms with E-state index in [0.717, 1.165) is 12.0 Å². The molecule has 2 aromatic rings. The number of benzene rings is 2. The molecule has 9 N–H and O–H groups in total. The van der Waals surface area contributed by atoms with Crippen LogP contribution in [0.15, 0.2) is 54.6 Å². The molecule has 0 aliphatic heterocycles. The zero-order valence-corrected chi connectivity index (χ0v) is 23.0. The van der Waals surface area contributed by atoms with Crippen LogP contribution in [0.2, 0.25) is 0 Å². The monoisotopic (exact) mass is 555 g/mol. The number of aliphatic carboxylic acids is 1. The lowest BCUT2D eigenvalue weighted by atomic mass is 9.99. The first-order valence-corrected chi connectivity index (χ1v) is 13.4. The lowest BCUT2D eigenvalue weighted by Gasteiger charge is -2.27. The molecule has 4 unspecified atom stereocenters. The maximum absolute atomic E-state index is 13.4. The van der Waals surface area contributed by atoms with Crippen LogP contribution in [0.3, 0.4) is 0 Å². The molecule has 0 aliphatic carbocycles. The molecule has 0 saturated heterocycles. The Bertz CT molecular complexity index is 1110. The van der Waals surface area contributed by atoms with Gasteiger partial charge in [-0.2, -0.15) is 0 Å². The van der Waals surface area contributed by atoms with Gasteiger partial charge in [0.1, 0.15) is 23.9 Å². The summed E-state index contributed by atoms with van der Waals surface area (Å²) >= 11 is 0. The van der Waals surface area contributed by atoms with E-state index < -0.39 is 47.9 Å². The van der Waals surface area contributed by atoms with Crippen LogP contribution in [0.25, 0.3) is 0 Å². The molecule has 218 valence electrons. The highest BCUT2D eigenvalue weighted by molar-refractivity contribution is 5.94. The molecule has 3 amide bonds. The molecule has 11 heteroatoms. The number of carboxylic acid groups (broad SMARTS) is 1. The predicted molar refractivity (Wildman–Crippen MR) is 151 cm³/mol. The van der Waals surface area contributed by atoms with E-state index in [1.807, 2.05) is 0 Å². The second-order valence-corrected chi connectivity index (χ2v) is 10.1. The van der Waals surface area contributed by atoms with Gasteiger partial charge in [-0.15, -0.1) is 0 Å². The molecule has 2 rings (SSSR count). The number of phenolic OH excluding ortho intramolecular Hbond substituents is 1. The third-order valence-corrected chi connectivity index (χ3v) is 6.46. The van der Waals surface area contributed by atoms with E-state index in [1.165, 1.54) is 12.1 Å². The molecule has 0 fully saturated rings. The molecular weight excluding hydrogens is 514 g/mol. The Morgan fingerprint density at radius 2 is 1.35 bits per heavy atom. The number of amides is 3. The number of unbranched alkanes of at least 4 members (excludes halogenated alkanes) is 1. The van der Waals surface area contributed by atoms with Gasteiger partial charge >= 0.3 is 5.97 Å². The highest BCUT2D eigenvalue weighted by Crippen LogP contribution is 2.13. The first-order valence-electron chi connectivity index (χ1n) is 13.4. The number of nitrogens with two attached hydrogens (primary N) is 2. The summed E-state index contributed by atoms with van der Waals surface area (Å²) in [6.45, 7) is 3.99. The van der Waals surface area contributed by atoms with Crippen molar-refractivity contribution in [2.45, 2.75) is 70.1 Å². The molecule has 2 aromatic carbocycles. The number of nitrogens with one attached hydrogen (secondary N) is 3. The van der Waals surface area contributed by atoms with E-state index in [9.17, 15) is 29.4 Å². The normalized spacial score (nSPS) is 14.0. The van der Waals surface area contributed by atoms with Crippen molar-refractivity contribution in [3.05, 3.63) is 65.7 Å². The fourth-order valence-corrected chi connectivity index (χ4v) is 4.10. The smallest absolute Gasteiger partial charge is 0.326 e. The topological polar surface area (TPSA) is 197 Å². The zero-order valence-electron chi connectivity index (χ0n) is 23.0. The third kappa shape index (κ3) is 10.7. The number of hydrogen-bond donors (Lipinski definition) is 7. The summed E-state index contributed by atoms with van der Waals surface area (Å²) in [7, 11) is 0. The van der Waals surface area contributed by atoms with Crippen LogP contribution in [0.5, 0.6) is 5.75 Å². The summed E-state index contributed by atoms with van der Waals surface area (Å²) in [5.74, 6) is -3.30. The number of hydrogen-bond acceptors (Lipinski definition) is 7. The molecule has 40 heavy (non-hydrogen) atoms. The van der Waals surface area contributed by atoms with Crippen LogP contribution in [0.4, 0.5) is 0 Å². The van der Waals surface area contributed by atoms with Crippen molar-refractivity contribution in [2.75, 3.05) is 6.54 Å². The number of aromatic hydroxyl groups is 1. The Hall–Kier alpha value is -3.96. The SMILES string of the molecule is CC(C)C(NC(=O)C(N)CCCCN)C(=O)NC(Cc1ccc(O)cc1)C(=O)NC(Cc1ccccc1)C(=O)O. The molecule has 11 nitrogen and oxygen atoms in total. The molecule has 4 atom stereocenters. The van der Waals surface area contributed by atoms with E-state index in [2.05, 4.69) is 16.0 Å². The molecule has 0 radical (unpaired) electrons. The minimum Gasteiger partial charge on any atom is -0.508 e. The van der Waals surface area contributed by atoms with Crippen LogP contribution in [0, 0.1) is 5.92 Å². The first-order chi connectivity index (χ1) is 19.0. The van der Waals surface area contributed by atoms with E-state index in [1.54, 1.807) is 56.3 Å². The van der Waals surface area contributed by atoms with Crippen LogP contribution >= 0.6 is 0 Å². The van der Waals surface area contributed by atoms with Crippen LogP contribution in [-0.2, 0) is 32.0 Å². The second-order valence-electron chi connectivity index (χ2n) is 10.1. The molecule has 0 heterocycles. The van der Waals surface area contributed by atoms with Gasteiger partial charge in [0.15, 0.2) is 0 Å². The number of carbonyl (C=O) groups excluding carboxylic acids is 3. The molecule has 0 aliphatic rings. The highest BCUT2D eigenvalue weighted by atomic mass is 16.4. The van der Waals surface area contributed by atoms with Crippen LogP contribution in [-0.4, -0.2) is 64.6 Å². The van der Waals surface area contributed by atoms with Gasteiger partial charge < -0.3 is 37.6 Å². The van der Waals surface area contributed by atoms with Crippen molar-refractivity contribution in [2.24, 2.45) is 17.4 Å². The highest BCUT2D eigenvalue weighted by Gasteiger charge is 2.32. The summed E-state index contributed by atoms with van der Waals surface area (Å²) < 4.78 is 0. The average Bonchev–Trinajstić information content (AvgIpc) is 2.92. The van der Waals surface area contributed by atoms with Crippen molar-refractivity contribution < 1.29 is 29.4 Å². The van der Waals surface area contributed by atoms with E-state index >= 15 is 0 Å². The molecule has 0 saturated carbocycles.